The van der Waals surface area contributed by atoms with Crippen molar-refractivity contribution in [2.45, 2.75) is 119 Å². The van der Waals surface area contributed by atoms with Crippen molar-refractivity contribution >= 4 is 5.97 Å². The van der Waals surface area contributed by atoms with E-state index in [1.165, 1.54) is 18.4 Å². The quantitative estimate of drug-likeness (QED) is 0.339. The lowest BCUT2D eigenvalue weighted by Crippen LogP contribution is -2.60. The van der Waals surface area contributed by atoms with Crippen LogP contribution in [0, 0.1) is 63.6 Å². The molecule has 4 nitrogen and oxygen atoms in total. The minimum Gasteiger partial charge on any atom is -0.462 e. The van der Waals surface area contributed by atoms with E-state index in [-0.39, 0.29) is 34.9 Å². The number of aliphatic hydroxyl groups excluding tert-OH is 2. The summed E-state index contributed by atoms with van der Waals surface area (Å²) in [6.07, 6.45) is 8.14. The lowest BCUT2D eigenvalue weighted by molar-refractivity contribution is -0.188. The largest absolute Gasteiger partial charge is 0.462 e. The smallest absolute Gasteiger partial charge is 0.302 e. The van der Waals surface area contributed by atoms with Crippen molar-refractivity contribution in [1.82, 2.24) is 0 Å². The summed E-state index contributed by atoms with van der Waals surface area (Å²) in [7, 11) is 0. The highest BCUT2D eigenvalue weighted by atomic mass is 16.5. The van der Waals surface area contributed by atoms with E-state index in [1.54, 1.807) is 6.92 Å². The third kappa shape index (κ3) is 3.78. The number of rotatable bonds is 5. The third-order valence-corrected chi connectivity index (χ3v) is 13.2. The number of esters is 1. The van der Waals surface area contributed by atoms with Crippen LogP contribution >= 0.6 is 0 Å². The van der Waals surface area contributed by atoms with E-state index in [9.17, 15) is 15.0 Å². The maximum absolute atomic E-state index is 12.4. The molecule has 5 rings (SSSR count). The Balaban J connectivity index is 1.49. The number of hydrogen-bond acceptors (Lipinski definition) is 4. The maximum atomic E-state index is 12.4. The van der Waals surface area contributed by atoms with Gasteiger partial charge in [0.05, 0.1) is 12.2 Å². The van der Waals surface area contributed by atoms with E-state index in [1.807, 2.05) is 0 Å². The van der Waals surface area contributed by atoms with Gasteiger partial charge in [0.1, 0.15) is 6.10 Å². The summed E-state index contributed by atoms with van der Waals surface area (Å²) < 4.78 is 6.27. The average molecular weight is 501 g/mol. The van der Waals surface area contributed by atoms with Crippen LogP contribution in [0.2, 0.25) is 0 Å². The molecular formula is C32H52O4. The van der Waals surface area contributed by atoms with Crippen LogP contribution in [0.4, 0.5) is 0 Å². The zero-order valence-corrected chi connectivity index (χ0v) is 24.1. The molecule has 5 aliphatic carbocycles. The van der Waals surface area contributed by atoms with E-state index < -0.39 is 6.10 Å². The highest BCUT2D eigenvalue weighted by Crippen LogP contribution is 2.71. The molecule has 0 amide bonds. The van der Waals surface area contributed by atoms with Gasteiger partial charge >= 0.3 is 5.97 Å². The summed E-state index contributed by atoms with van der Waals surface area (Å²) in [6, 6.07) is 0. The summed E-state index contributed by atoms with van der Waals surface area (Å²) >= 11 is 0. The second-order valence-electron chi connectivity index (χ2n) is 14.9. The molecule has 0 saturated heterocycles. The molecule has 0 bridgehead atoms. The first kappa shape index (κ1) is 26.7. The molecule has 0 aromatic carbocycles. The first-order chi connectivity index (χ1) is 16.7. The normalized spacial score (nSPS) is 51.5. The Bertz CT molecular complexity index is 910. The van der Waals surface area contributed by atoms with Crippen LogP contribution in [-0.2, 0) is 9.53 Å². The summed E-state index contributed by atoms with van der Waals surface area (Å²) in [6.45, 7) is 18.5. The Kier molecular flexibility index (Phi) is 6.56. The summed E-state index contributed by atoms with van der Waals surface area (Å²) in [5, 5.41) is 22.0. The fraction of sp³-hybridized carbons (Fsp3) is 0.906. The van der Waals surface area contributed by atoms with Crippen molar-refractivity contribution in [1.29, 1.82) is 0 Å². The third-order valence-electron chi connectivity index (χ3n) is 13.2. The molecule has 13 atom stereocenters. The second kappa shape index (κ2) is 8.83. The van der Waals surface area contributed by atoms with E-state index in [4.69, 9.17) is 4.74 Å². The SMILES string of the molecule is CC(=O)OC1CC2C(C(O)C=C3CC(O)CCC32C)C2CCC(C(C)C3CC3(C)C(C)C(C)C)C12C. The molecule has 4 heteroatoms. The molecule has 0 aromatic rings. The lowest BCUT2D eigenvalue weighted by Gasteiger charge is -2.61. The van der Waals surface area contributed by atoms with Gasteiger partial charge < -0.3 is 14.9 Å². The Hall–Kier alpha value is -0.870. The van der Waals surface area contributed by atoms with Crippen molar-refractivity contribution in [3.8, 4) is 0 Å². The van der Waals surface area contributed by atoms with Crippen LogP contribution in [0.5, 0.6) is 0 Å². The number of hydrogen-bond donors (Lipinski definition) is 2. The number of aliphatic hydroxyl groups is 2. The Morgan fingerprint density at radius 1 is 1.03 bits per heavy atom. The van der Waals surface area contributed by atoms with Gasteiger partial charge in [0.2, 0.25) is 0 Å². The molecule has 0 aromatic heterocycles. The molecule has 0 aliphatic heterocycles. The van der Waals surface area contributed by atoms with E-state index >= 15 is 0 Å². The summed E-state index contributed by atoms with van der Waals surface area (Å²) in [5.74, 6) is 3.93. The van der Waals surface area contributed by atoms with Gasteiger partial charge in [-0.25, -0.2) is 0 Å². The molecule has 204 valence electrons. The van der Waals surface area contributed by atoms with Gasteiger partial charge in [0.25, 0.3) is 0 Å². The monoisotopic (exact) mass is 500 g/mol. The minimum absolute atomic E-state index is 0.0195. The van der Waals surface area contributed by atoms with Gasteiger partial charge in [-0.2, -0.15) is 0 Å². The highest BCUT2D eigenvalue weighted by molar-refractivity contribution is 5.66. The number of carbonyl (C=O) groups excluding carboxylic acids is 1. The van der Waals surface area contributed by atoms with Crippen LogP contribution in [0.1, 0.15) is 100 Å². The molecular weight excluding hydrogens is 448 g/mol. The van der Waals surface area contributed by atoms with Crippen LogP contribution in [0.25, 0.3) is 0 Å². The first-order valence-electron chi connectivity index (χ1n) is 15.0. The standard InChI is InChI=1S/C32H52O4/c1-17(2)19(4)31(7)16-26(31)18(3)23-9-10-24-29-25(15-28(32(23,24)8)36-20(5)33)30(6)12-11-22(34)13-21(30)14-27(29)35/h14,17-19,22-29,34-35H,9-13,15-16H2,1-8H3. The minimum atomic E-state index is -0.466. The van der Waals surface area contributed by atoms with E-state index in [0.717, 1.165) is 31.6 Å². The number of fused-ring (bicyclic) bond motifs is 5. The molecule has 0 radical (unpaired) electrons. The number of carbonyl (C=O) groups is 1. The predicted molar refractivity (Wildman–Crippen MR) is 143 cm³/mol. The van der Waals surface area contributed by atoms with Crippen molar-refractivity contribution in [3.63, 3.8) is 0 Å². The van der Waals surface area contributed by atoms with Gasteiger partial charge in [-0.3, -0.25) is 4.79 Å². The highest BCUT2D eigenvalue weighted by Gasteiger charge is 2.68. The first-order valence-corrected chi connectivity index (χ1v) is 15.0. The Labute approximate surface area is 219 Å². The van der Waals surface area contributed by atoms with Gasteiger partial charge in [-0.1, -0.05) is 60.1 Å². The molecule has 4 saturated carbocycles. The topological polar surface area (TPSA) is 66.8 Å². The van der Waals surface area contributed by atoms with Crippen molar-refractivity contribution in [2.75, 3.05) is 0 Å². The van der Waals surface area contributed by atoms with Crippen molar-refractivity contribution in [3.05, 3.63) is 11.6 Å². The molecule has 13 unspecified atom stereocenters. The van der Waals surface area contributed by atoms with E-state index in [2.05, 4.69) is 54.5 Å². The van der Waals surface area contributed by atoms with Crippen LogP contribution < -0.4 is 0 Å². The molecule has 36 heavy (non-hydrogen) atoms. The lowest BCUT2D eigenvalue weighted by atomic mass is 9.45. The van der Waals surface area contributed by atoms with Crippen LogP contribution in [0.3, 0.4) is 0 Å². The fourth-order valence-corrected chi connectivity index (χ4v) is 10.6. The van der Waals surface area contributed by atoms with Gasteiger partial charge in [0, 0.05) is 12.3 Å². The van der Waals surface area contributed by atoms with Crippen LogP contribution in [-0.4, -0.2) is 34.5 Å². The summed E-state index contributed by atoms with van der Waals surface area (Å²) in [5.41, 5.74) is 1.52. The molecule has 5 aliphatic rings. The van der Waals surface area contributed by atoms with Gasteiger partial charge in [0.15, 0.2) is 0 Å². The second-order valence-corrected chi connectivity index (χ2v) is 14.9. The fourth-order valence-electron chi connectivity index (χ4n) is 10.6. The van der Waals surface area contributed by atoms with E-state index in [0.29, 0.717) is 47.3 Å². The van der Waals surface area contributed by atoms with Gasteiger partial charge in [-0.05, 0) is 103 Å². The zero-order valence-electron chi connectivity index (χ0n) is 24.1. The van der Waals surface area contributed by atoms with Gasteiger partial charge in [-0.15, -0.1) is 0 Å². The Morgan fingerprint density at radius 2 is 1.72 bits per heavy atom. The van der Waals surface area contributed by atoms with Crippen molar-refractivity contribution < 1.29 is 19.7 Å². The van der Waals surface area contributed by atoms with Crippen molar-refractivity contribution in [2.24, 2.45) is 63.6 Å². The predicted octanol–water partition coefficient (Wildman–Crippen LogP) is 6.39. The maximum Gasteiger partial charge on any atom is 0.302 e. The summed E-state index contributed by atoms with van der Waals surface area (Å²) in [4.78, 5) is 12.4. The molecule has 2 N–H and O–H groups in total. The molecule has 4 fully saturated rings. The zero-order chi connectivity index (χ0) is 26.4. The Morgan fingerprint density at radius 3 is 2.36 bits per heavy atom. The molecule has 0 heterocycles. The molecule has 0 spiro atoms. The average Bonchev–Trinajstić information content (AvgIpc) is 3.36. The number of ether oxygens (including phenoxy) is 1. The van der Waals surface area contributed by atoms with Crippen LogP contribution in [0.15, 0.2) is 11.6 Å².